The number of anilines is 2. The number of carbonyl (C=O) groups is 4. The Hall–Kier alpha value is -3.68. The molecule has 1 unspecified atom stereocenters. The van der Waals surface area contributed by atoms with Crippen LogP contribution in [-0.2, 0) is 32.0 Å². The van der Waals surface area contributed by atoms with Gasteiger partial charge in [-0.05, 0) is 66.1 Å². The zero-order valence-corrected chi connectivity index (χ0v) is 21.6. The molecule has 0 saturated carbocycles. The van der Waals surface area contributed by atoms with Crippen LogP contribution in [0.15, 0.2) is 72.8 Å². The number of hydrogen-bond donors (Lipinski definition) is 1. The predicted molar refractivity (Wildman–Crippen MR) is 144 cm³/mol. The molecule has 0 aromatic heterocycles. The summed E-state index contributed by atoms with van der Waals surface area (Å²) in [6.07, 6.45) is 0.417. The minimum absolute atomic E-state index is 0.0656. The highest BCUT2D eigenvalue weighted by molar-refractivity contribution is 6.30. The van der Waals surface area contributed by atoms with Crippen LogP contribution >= 0.6 is 23.2 Å². The monoisotopic (exact) mass is 537 g/mol. The van der Waals surface area contributed by atoms with Crippen molar-refractivity contribution in [1.29, 1.82) is 0 Å². The summed E-state index contributed by atoms with van der Waals surface area (Å²) in [6.45, 7) is 1.64. The van der Waals surface area contributed by atoms with Crippen molar-refractivity contribution in [2.24, 2.45) is 0 Å². The first-order chi connectivity index (χ1) is 17.7. The van der Waals surface area contributed by atoms with E-state index in [1.807, 2.05) is 18.2 Å². The number of hydrogen-bond acceptors (Lipinski definition) is 4. The maximum absolute atomic E-state index is 13.5. The second-order valence-corrected chi connectivity index (χ2v) is 9.66. The summed E-state index contributed by atoms with van der Waals surface area (Å²) in [7, 11) is 0. The fourth-order valence-corrected chi connectivity index (χ4v) is 4.64. The summed E-state index contributed by atoms with van der Waals surface area (Å²) in [5, 5.41) is 3.79. The van der Waals surface area contributed by atoms with Crippen molar-refractivity contribution in [2.45, 2.75) is 32.2 Å². The minimum atomic E-state index is -0.929. The summed E-state index contributed by atoms with van der Waals surface area (Å²) in [6, 6.07) is 19.7. The minimum Gasteiger partial charge on any atom is -0.329 e. The molecule has 0 radical (unpaired) electrons. The van der Waals surface area contributed by atoms with Crippen molar-refractivity contribution in [3.8, 4) is 0 Å². The Morgan fingerprint density at radius 3 is 2.30 bits per heavy atom. The van der Waals surface area contributed by atoms with Gasteiger partial charge in [0.15, 0.2) is 0 Å². The van der Waals surface area contributed by atoms with E-state index in [1.165, 1.54) is 11.8 Å². The molecule has 9 heteroatoms. The Balaban J connectivity index is 1.57. The number of nitrogens with zero attached hydrogens (tertiary/aromatic N) is 2. The molecule has 1 aliphatic heterocycles. The van der Waals surface area contributed by atoms with E-state index < -0.39 is 17.9 Å². The number of imide groups is 1. The Kier molecular flexibility index (Phi) is 8.26. The molecule has 4 rings (SSSR count). The lowest BCUT2D eigenvalue weighted by Crippen LogP contribution is -2.47. The van der Waals surface area contributed by atoms with Gasteiger partial charge in [-0.3, -0.25) is 19.2 Å². The summed E-state index contributed by atoms with van der Waals surface area (Å²) in [4.78, 5) is 53.8. The van der Waals surface area contributed by atoms with E-state index in [1.54, 1.807) is 54.6 Å². The summed E-state index contributed by atoms with van der Waals surface area (Å²) >= 11 is 12.1. The summed E-state index contributed by atoms with van der Waals surface area (Å²) in [5.74, 6) is -1.35. The van der Waals surface area contributed by atoms with Crippen LogP contribution in [0.2, 0.25) is 10.0 Å². The van der Waals surface area contributed by atoms with Gasteiger partial charge in [0.2, 0.25) is 17.7 Å². The Morgan fingerprint density at radius 1 is 0.946 bits per heavy atom. The maximum Gasteiger partial charge on any atom is 0.257 e. The topological polar surface area (TPSA) is 86.8 Å². The Labute approximate surface area is 225 Å². The molecule has 0 bridgehead atoms. The number of rotatable bonds is 8. The van der Waals surface area contributed by atoms with Crippen LogP contribution in [-0.4, -0.2) is 41.1 Å². The third-order valence-corrected chi connectivity index (χ3v) is 6.55. The van der Waals surface area contributed by atoms with Crippen LogP contribution < -0.4 is 10.2 Å². The third kappa shape index (κ3) is 6.56. The van der Waals surface area contributed by atoms with Crippen LogP contribution in [0.1, 0.15) is 24.5 Å². The zero-order valence-electron chi connectivity index (χ0n) is 20.1. The highest BCUT2D eigenvalue weighted by Crippen LogP contribution is 2.28. The third-order valence-electron chi connectivity index (χ3n) is 6.06. The van der Waals surface area contributed by atoms with Gasteiger partial charge in [0, 0.05) is 29.2 Å². The first kappa shape index (κ1) is 26.4. The molecule has 1 atom stereocenters. The SMILES string of the molecule is CC(=O)Nc1ccc(N2C(=O)CC(N(CCc3cccc(Cl)c3)C(=O)Cc3ccc(Cl)cc3)C2=O)cc1. The molecule has 1 N–H and O–H groups in total. The summed E-state index contributed by atoms with van der Waals surface area (Å²) < 4.78 is 0. The maximum atomic E-state index is 13.5. The van der Waals surface area contributed by atoms with Gasteiger partial charge in [0.25, 0.3) is 5.91 Å². The molecule has 190 valence electrons. The van der Waals surface area contributed by atoms with Gasteiger partial charge in [-0.1, -0.05) is 47.5 Å². The van der Waals surface area contributed by atoms with E-state index >= 15 is 0 Å². The number of nitrogens with one attached hydrogen (secondary N) is 1. The van der Waals surface area contributed by atoms with Gasteiger partial charge in [-0.15, -0.1) is 0 Å². The molecule has 37 heavy (non-hydrogen) atoms. The lowest BCUT2D eigenvalue weighted by molar-refractivity contribution is -0.137. The van der Waals surface area contributed by atoms with Crippen molar-refractivity contribution in [3.05, 3.63) is 94.0 Å². The van der Waals surface area contributed by atoms with Crippen molar-refractivity contribution in [3.63, 3.8) is 0 Å². The highest BCUT2D eigenvalue weighted by Gasteiger charge is 2.44. The molecule has 1 saturated heterocycles. The molecule has 0 aliphatic carbocycles. The van der Waals surface area contributed by atoms with E-state index in [0.29, 0.717) is 27.8 Å². The largest absolute Gasteiger partial charge is 0.329 e. The second-order valence-electron chi connectivity index (χ2n) is 8.79. The number of carbonyl (C=O) groups excluding carboxylic acids is 4. The predicted octanol–water partition coefficient (Wildman–Crippen LogP) is 4.90. The van der Waals surface area contributed by atoms with E-state index in [0.717, 1.165) is 16.0 Å². The molecule has 7 nitrogen and oxygen atoms in total. The van der Waals surface area contributed by atoms with E-state index in [2.05, 4.69) is 5.32 Å². The first-order valence-corrected chi connectivity index (χ1v) is 12.5. The average Bonchev–Trinajstić information content (AvgIpc) is 3.14. The van der Waals surface area contributed by atoms with Crippen molar-refractivity contribution >= 4 is 58.2 Å². The number of amides is 4. The smallest absolute Gasteiger partial charge is 0.257 e. The van der Waals surface area contributed by atoms with Crippen LogP contribution in [0.25, 0.3) is 0 Å². The molecular weight excluding hydrogens is 513 g/mol. The molecule has 3 aromatic carbocycles. The number of benzene rings is 3. The van der Waals surface area contributed by atoms with Gasteiger partial charge in [0.1, 0.15) is 6.04 Å². The summed E-state index contributed by atoms with van der Waals surface area (Å²) in [5.41, 5.74) is 2.60. The van der Waals surface area contributed by atoms with Crippen molar-refractivity contribution in [1.82, 2.24) is 4.90 Å². The molecule has 1 heterocycles. The Morgan fingerprint density at radius 2 is 1.65 bits per heavy atom. The van der Waals surface area contributed by atoms with Crippen molar-refractivity contribution in [2.75, 3.05) is 16.8 Å². The molecule has 1 fully saturated rings. The first-order valence-electron chi connectivity index (χ1n) is 11.7. The van der Waals surface area contributed by atoms with Gasteiger partial charge in [-0.25, -0.2) is 4.90 Å². The fraction of sp³-hybridized carbons (Fsp3) is 0.214. The zero-order chi connectivity index (χ0) is 26.5. The van der Waals surface area contributed by atoms with Gasteiger partial charge in [-0.2, -0.15) is 0 Å². The van der Waals surface area contributed by atoms with Crippen LogP contribution in [0.3, 0.4) is 0 Å². The van der Waals surface area contributed by atoms with E-state index in [4.69, 9.17) is 23.2 Å². The quantitative estimate of drug-likeness (QED) is 0.414. The molecule has 0 spiro atoms. The standard InChI is InChI=1S/C28H25Cl2N3O4/c1-18(34)31-23-9-11-24(12-10-23)33-27(36)17-25(28(33)37)32(14-13-19-3-2-4-22(30)15-19)26(35)16-20-5-7-21(29)8-6-20/h2-12,15,25H,13-14,16-17H2,1H3,(H,31,34). The molecular formula is C28H25Cl2N3O4. The lowest BCUT2D eigenvalue weighted by Gasteiger charge is -2.28. The van der Waals surface area contributed by atoms with E-state index in [-0.39, 0.29) is 31.2 Å². The fourth-order valence-electron chi connectivity index (χ4n) is 4.30. The lowest BCUT2D eigenvalue weighted by atomic mass is 10.1. The second kappa shape index (κ2) is 11.6. The normalized spacial score (nSPS) is 15.1. The molecule has 3 aromatic rings. The average molecular weight is 538 g/mol. The van der Waals surface area contributed by atoms with Crippen LogP contribution in [0.4, 0.5) is 11.4 Å². The van der Waals surface area contributed by atoms with Crippen LogP contribution in [0.5, 0.6) is 0 Å². The van der Waals surface area contributed by atoms with Crippen molar-refractivity contribution < 1.29 is 19.2 Å². The van der Waals surface area contributed by atoms with Crippen LogP contribution in [0, 0.1) is 0 Å². The van der Waals surface area contributed by atoms with Gasteiger partial charge < -0.3 is 10.2 Å². The Bertz CT molecular complexity index is 1330. The van der Waals surface area contributed by atoms with Gasteiger partial charge >= 0.3 is 0 Å². The molecule has 4 amide bonds. The van der Waals surface area contributed by atoms with Gasteiger partial charge in [0.05, 0.1) is 18.5 Å². The highest BCUT2D eigenvalue weighted by atomic mass is 35.5. The molecule has 1 aliphatic rings. The van der Waals surface area contributed by atoms with E-state index in [9.17, 15) is 19.2 Å². The number of halogens is 2.